The zero-order valence-corrected chi connectivity index (χ0v) is 15.8. The average molecular weight is 373 g/mol. The minimum absolute atomic E-state index is 0.0723. The van der Waals surface area contributed by atoms with Crippen LogP contribution >= 0.6 is 0 Å². The van der Waals surface area contributed by atoms with Crippen LogP contribution in [-0.4, -0.2) is 35.9 Å². The molecule has 27 heavy (non-hydrogen) atoms. The third-order valence-electron chi connectivity index (χ3n) is 6.24. The Kier molecular flexibility index (Phi) is 5.53. The van der Waals surface area contributed by atoms with Crippen molar-refractivity contribution in [2.24, 2.45) is 10.8 Å². The minimum Gasteiger partial charge on any atom is -0.493 e. The number of aliphatic carboxylic acids is 1. The number of amides is 1. The van der Waals surface area contributed by atoms with Crippen LogP contribution in [0.15, 0.2) is 24.3 Å². The predicted molar refractivity (Wildman–Crippen MR) is 99.8 cm³/mol. The van der Waals surface area contributed by atoms with Crippen LogP contribution in [0, 0.1) is 10.8 Å². The van der Waals surface area contributed by atoms with E-state index >= 15 is 0 Å². The fourth-order valence-corrected chi connectivity index (χ4v) is 4.33. The van der Waals surface area contributed by atoms with E-state index < -0.39 is 16.8 Å². The second kappa shape index (κ2) is 7.71. The number of carboxylic acid groups (broad SMARTS) is 1. The Hall–Kier alpha value is -2.37. The Labute approximate surface area is 159 Å². The van der Waals surface area contributed by atoms with Gasteiger partial charge in [-0.3, -0.25) is 14.4 Å². The molecule has 1 amide bonds. The maximum atomic E-state index is 12.8. The highest BCUT2D eigenvalue weighted by Crippen LogP contribution is 2.57. The minimum atomic E-state index is -0.741. The second-order valence-electron chi connectivity index (χ2n) is 7.82. The first-order valence-electron chi connectivity index (χ1n) is 9.69. The van der Waals surface area contributed by atoms with E-state index in [-0.39, 0.29) is 18.2 Å². The van der Waals surface area contributed by atoms with Crippen molar-refractivity contribution in [3.63, 3.8) is 0 Å². The molecule has 3 aliphatic rings. The molecule has 146 valence electrons. The average Bonchev–Trinajstić information content (AvgIpc) is 2.71. The number of hydrogen-bond acceptors (Lipinski definition) is 4. The molecule has 0 saturated heterocycles. The van der Waals surface area contributed by atoms with Crippen molar-refractivity contribution in [2.75, 3.05) is 13.2 Å². The van der Waals surface area contributed by atoms with E-state index in [2.05, 4.69) is 5.32 Å². The Morgan fingerprint density at radius 2 is 1.63 bits per heavy atom. The molecule has 4 rings (SSSR count). The molecule has 2 N–H and O–H groups in total. The summed E-state index contributed by atoms with van der Waals surface area (Å²) in [6.07, 6.45) is 4.20. The number of ketones is 1. The van der Waals surface area contributed by atoms with Gasteiger partial charge in [-0.05, 0) is 57.1 Å². The number of carbonyl (C=O) groups is 3. The normalized spacial score (nSPS) is 26.4. The van der Waals surface area contributed by atoms with E-state index in [1.165, 1.54) is 0 Å². The van der Waals surface area contributed by atoms with Crippen molar-refractivity contribution in [1.82, 2.24) is 5.32 Å². The Bertz CT molecular complexity index is 717. The molecule has 3 fully saturated rings. The Balaban J connectivity index is 1.60. The molecule has 0 aromatic heterocycles. The number of fused-ring (bicyclic) bond motifs is 3. The van der Waals surface area contributed by atoms with Crippen molar-refractivity contribution >= 4 is 17.7 Å². The van der Waals surface area contributed by atoms with Crippen LogP contribution < -0.4 is 10.1 Å². The van der Waals surface area contributed by atoms with Gasteiger partial charge >= 0.3 is 5.97 Å². The largest absolute Gasteiger partial charge is 0.493 e. The summed E-state index contributed by atoms with van der Waals surface area (Å²) in [4.78, 5) is 36.9. The van der Waals surface area contributed by atoms with Gasteiger partial charge in [-0.2, -0.15) is 0 Å². The van der Waals surface area contributed by atoms with E-state index in [1.54, 1.807) is 18.2 Å². The second-order valence-corrected chi connectivity index (χ2v) is 7.82. The van der Waals surface area contributed by atoms with Crippen molar-refractivity contribution in [3.8, 4) is 5.75 Å². The molecule has 1 aromatic carbocycles. The third kappa shape index (κ3) is 3.70. The highest BCUT2D eigenvalue weighted by molar-refractivity contribution is 6.02. The lowest BCUT2D eigenvalue weighted by atomic mass is 9.53. The summed E-state index contributed by atoms with van der Waals surface area (Å²) < 4.78 is 5.62. The summed E-state index contributed by atoms with van der Waals surface area (Å²) in [7, 11) is 0. The summed E-state index contributed by atoms with van der Waals surface area (Å²) in [5.74, 6) is -0.507. The molecule has 0 heterocycles. The SMILES string of the molecule is CCCOc1ccccc1C(=O)CNC(=O)C12CCC(C(=O)O)(CC1)CC2. The summed E-state index contributed by atoms with van der Waals surface area (Å²) >= 11 is 0. The molecule has 0 atom stereocenters. The number of hydrogen-bond donors (Lipinski definition) is 2. The van der Waals surface area contributed by atoms with Gasteiger partial charge in [0.2, 0.25) is 5.91 Å². The summed E-state index contributed by atoms with van der Waals surface area (Å²) in [5, 5.41) is 12.3. The van der Waals surface area contributed by atoms with Gasteiger partial charge in [0.1, 0.15) is 5.75 Å². The van der Waals surface area contributed by atoms with Crippen LogP contribution in [0.25, 0.3) is 0 Å². The lowest BCUT2D eigenvalue weighted by Crippen LogP contribution is -2.53. The topological polar surface area (TPSA) is 92.7 Å². The molecule has 0 radical (unpaired) electrons. The molecule has 2 bridgehead atoms. The molecule has 3 aliphatic carbocycles. The molecule has 0 aliphatic heterocycles. The van der Waals surface area contributed by atoms with Crippen molar-refractivity contribution in [3.05, 3.63) is 29.8 Å². The number of ether oxygens (including phenoxy) is 1. The van der Waals surface area contributed by atoms with Crippen molar-refractivity contribution in [2.45, 2.75) is 51.9 Å². The highest BCUT2D eigenvalue weighted by Gasteiger charge is 2.55. The van der Waals surface area contributed by atoms with Gasteiger partial charge < -0.3 is 15.2 Å². The van der Waals surface area contributed by atoms with Crippen LogP contribution in [0.2, 0.25) is 0 Å². The lowest BCUT2D eigenvalue weighted by molar-refractivity contribution is -0.163. The van der Waals surface area contributed by atoms with Gasteiger partial charge in [-0.15, -0.1) is 0 Å². The number of nitrogens with one attached hydrogen (secondary N) is 1. The van der Waals surface area contributed by atoms with Gasteiger partial charge in [-0.25, -0.2) is 0 Å². The van der Waals surface area contributed by atoms with Crippen LogP contribution in [0.3, 0.4) is 0 Å². The number of carbonyl (C=O) groups excluding carboxylic acids is 2. The van der Waals surface area contributed by atoms with Gasteiger partial charge in [-0.1, -0.05) is 19.1 Å². The first-order chi connectivity index (χ1) is 12.9. The standard InChI is InChI=1S/C21H27NO5/c1-2-13-27-17-6-4-3-5-15(17)16(23)14-22-18(24)20-7-10-21(11-8-20,12-9-20)19(25)26/h3-6H,2,7-14H2,1H3,(H,22,24)(H,25,26). The van der Waals surface area contributed by atoms with Crippen LogP contribution in [0.4, 0.5) is 0 Å². The first-order valence-corrected chi connectivity index (χ1v) is 9.69. The monoisotopic (exact) mass is 373 g/mol. The quantitative estimate of drug-likeness (QED) is 0.683. The molecule has 0 unspecified atom stereocenters. The lowest BCUT2D eigenvalue weighted by Gasteiger charge is -2.50. The highest BCUT2D eigenvalue weighted by atomic mass is 16.5. The number of carboxylic acids is 1. The first kappa shape index (κ1) is 19.4. The Morgan fingerprint density at radius 3 is 2.22 bits per heavy atom. The summed E-state index contributed by atoms with van der Waals surface area (Å²) in [6.45, 7) is 2.46. The van der Waals surface area contributed by atoms with Crippen molar-refractivity contribution in [1.29, 1.82) is 0 Å². The fourth-order valence-electron chi connectivity index (χ4n) is 4.33. The number of benzene rings is 1. The number of Topliss-reactive ketones (excluding diaryl/α,β-unsaturated/α-hetero) is 1. The van der Waals surface area contributed by atoms with E-state index in [4.69, 9.17) is 4.74 Å². The van der Waals surface area contributed by atoms with Crippen LogP contribution in [-0.2, 0) is 9.59 Å². The molecular weight excluding hydrogens is 346 g/mol. The van der Waals surface area contributed by atoms with E-state index in [0.717, 1.165) is 6.42 Å². The molecule has 1 aromatic rings. The molecule has 6 heteroatoms. The van der Waals surface area contributed by atoms with Crippen molar-refractivity contribution < 1.29 is 24.2 Å². The van der Waals surface area contributed by atoms with Crippen LogP contribution in [0.1, 0.15) is 62.2 Å². The van der Waals surface area contributed by atoms with Gasteiger partial charge in [0.05, 0.1) is 24.1 Å². The zero-order valence-electron chi connectivity index (χ0n) is 15.8. The predicted octanol–water partition coefficient (Wildman–Crippen LogP) is 3.20. The Morgan fingerprint density at radius 1 is 1.04 bits per heavy atom. The maximum Gasteiger partial charge on any atom is 0.309 e. The third-order valence-corrected chi connectivity index (χ3v) is 6.24. The summed E-state index contributed by atoms with van der Waals surface area (Å²) in [6, 6.07) is 7.07. The number of para-hydroxylation sites is 1. The smallest absolute Gasteiger partial charge is 0.309 e. The van der Waals surface area contributed by atoms with E-state index in [0.29, 0.717) is 56.4 Å². The zero-order chi connectivity index (χ0) is 19.5. The van der Waals surface area contributed by atoms with Gasteiger partial charge in [0, 0.05) is 5.41 Å². The maximum absolute atomic E-state index is 12.8. The molecule has 6 nitrogen and oxygen atoms in total. The molecule has 3 saturated carbocycles. The fraction of sp³-hybridized carbons (Fsp3) is 0.571. The van der Waals surface area contributed by atoms with Crippen LogP contribution in [0.5, 0.6) is 5.75 Å². The van der Waals surface area contributed by atoms with E-state index in [1.807, 2.05) is 13.0 Å². The van der Waals surface area contributed by atoms with E-state index in [9.17, 15) is 19.5 Å². The van der Waals surface area contributed by atoms with Gasteiger partial charge in [0.15, 0.2) is 5.78 Å². The molecular formula is C21H27NO5. The summed E-state index contributed by atoms with van der Waals surface area (Å²) in [5.41, 5.74) is -0.690. The molecule has 0 spiro atoms. The number of rotatable bonds is 8. The van der Waals surface area contributed by atoms with Gasteiger partial charge in [0.25, 0.3) is 0 Å².